The van der Waals surface area contributed by atoms with E-state index in [2.05, 4.69) is 6.58 Å². The summed E-state index contributed by atoms with van der Waals surface area (Å²) in [4.78, 5) is 38.6. The Bertz CT molecular complexity index is 781. The SMILES string of the molecule is C=CCOC(=O)C1=C(C)N(CC(=O)OCC)C(=O)C[C@@H]1c1cccc(C)c1. The molecular weight excluding hydrogens is 346 g/mol. The average molecular weight is 371 g/mol. The molecule has 0 fully saturated rings. The second-order valence-corrected chi connectivity index (χ2v) is 6.34. The van der Waals surface area contributed by atoms with Crippen molar-refractivity contribution in [2.45, 2.75) is 33.1 Å². The fourth-order valence-electron chi connectivity index (χ4n) is 3.19. The van der Waals surface area contributed by atoms with E-state index in [4.69, 9.17) is 9.47 Å². The van der Waals surface area contributed by atoms with Gasteiger partial charge in [0.05, 0.1) is 12.2 Å². The van der Waals surface area contributed by atoms with Gasteiger partial charge in [-0.25, -0.2) is 4.79 Å². The molecule has 1 aliphatic heterocycles. The van der Waals surface area contributed by atoms with Crippen LogP contribution in [0.2, 0.25) is 0 Å². The van der Waals surface area contributed by atoms with Crippen LogP contribution in [0.3, 0.4) is 0 Å². The molecule has 1 aromatic rings. The monoisotopic (exact) mass is 371 g/mol. The Morgan fingerprint density at radius 2 is 2.04 bits per heavy atom. The Kier molecular flexibility index (Phi) is 6.93. The van der Waals surface area contributed by atoms with E-state index in [9.17, 15) is 14.4 Å². The van der Waals surface area contributed by atoms with Crippen molar-refractivity contribution in [2.75, 3.05) is 19.8 Å². The molecule has 1 atom stereocenters. The molecule has 0 N–H and O–H groups in total. The molecular formula is C21H25NO5. The number of amides is 1. The molecule has 6 nitrogen and oxygen atoms in total. The zero-order chi connectivity index (χ0) is 20.0. The quantitative estimate of drug-likeness (QED) is 0.544. The van der Waals surface area contributed by atoms with Gasteiger partial charge >= 0.3 is 11.9 Å². The molecule has 2 rings (SSSR count). The Hall–Kier alpha value is -2.89. The van der Waals surface area contributed by atoms with E-state index < -0.39 is 17.9 Å². The van der Waals surface area contributed by atoms with Gasteiger partial charge in [-0.2, -0.15) is 0 Å². The van der Waals surface area contributed by atoms with E-state index in [1.807, 2.05) is 31.2 Å². The topological polar surface area (TPSA) is 72.9 Å². The molecule has 0 saturated heterocycles. The lowest BCUT2D eigenvalue weighted by molar-refractivity contribution is -0.149. The van der Waals surface area contributed by atoms with E-state index in [0.717, 1.165) is 11.1 Å². The third-order valence-electron chi connectivity index (χ3n) is 4.41. The number of rotatable bonds is 7. The summed E-state index contributed by atoms with van der Waals surface area (Å²) in [5.74, 6) is -1.68. The van der Waals surface area contributed by atoms with Crippen molar-refractivity contribution in [1.82, 2.24) is 4.90 Å². The number of carbonyl (C=O) groups is 3. The smallest absolute Gasteiger partial charge is 0.336 e. The maximum atomic E-state index is 12.7. The summed E-state index contributed by atoms with van der Waals surface area (Å²) >= 11 is 0. The van der Waals surface area contributed by atoms with Gasteiger partial charge in [-0.05, 0) is 26.3 Å². The fraction of sp³-hybridized carbons (Fsp3) is 0.381. The molecule has 6 heteroatoms. The van der Waals surface area contributed by atoms with Crippen LogP contribution in [0, 0.1) is 6.92 Å². The third kappa shape index (κ3) is 4.84. The molecule has 0 spiro atoms. The standard InChI is InChI=1S/C21H25NO5/c1-5-10-27-21(25)20-15(4)22(13-19(24)26-6-2)18(23)12-17(20)16-9-7-8-14(3)11-16/h5,7-9,11,17H,1,6,10,12-13H2,2-4H3/t17-/m1/s1. The Labute approximate surface area is 159 Å². The fourth-order valence-corrected chi connectivity index (χ4v) is 3.19. The molecule has 1 aromatic carbocycles. The molecule has 1 amide bonds. The summed E-state index contributed by atoms with van der Waals surface area (Å²) in [7, 11) is 0. The van der Waals surface area contributed by atoms with Crippen molar-refractivity contribution in [1.29, 1.82) is 0 Å². The first-order valence-electron chi connectivity index (χ1n) is 8.90. The van der Waals surface area contributed by atoms with Crippen LogP contribution in [-0.4, -0.2) is 42.5 Å². The van der Waals surface area contributed by atoms with Crippen molar-refractivity contribution in [2.24, 2.45) is 0 Å². The number of benzene rings is 1. The second kappa shape index (κ2) is 9.16. The molecule has 0 bridgehead atoms. The van der Waals surface area contributed by atoms with Gasteiger partial charge in [-0.3, -0.25) is 9.59 Å². The zero-order valence-electron chi connectivity index (χ0n) is 16.0. The zero-order valence-corrected chi connectivity index (χ0v) is 16.0. The van der Waals surface area contributed by atoms with Gasteiger partial charge in [0.1, 0.15) is 13.2 Å². The first-order valence-corrected chi connectivity index (χ1v) is 8.90. The van der Waals surface area contributed by atoms with Crippen LogP contribution in [0.25, 0.3) is 0 Å². The molecule has 0 radical (unpaired) electrons. The number of esters is 2. The largest absolute Gasteiger partial charge is 0.465 e. The maximum absolute atomic E-state index is 12.7. The minimum Gasteiger partial charge on any atom is -0.465 e. The van der Waals surface area contributed by atoms with E-state index in [0.29, 0.717) is 11.3 Å². The summed E-state index contributed by atoms with van der Waals surface area (Å²) < 4.78 is 10.2. The van der Waals surface area contributed by atoms with Crippen LogP contribution in [0.4, 0.5) is 0 Å². The van der Waals surface area contributed by atoms with Crippen LogP contribution < -0.4 is 0 Å². The highest BCUT2D eigenvalue weighted by Crippen LogP contribution is 2.37. The number of ether oxygens (including phenoxy) is 2. The maximum Gasteiger partial charge on any atom is 0.336 e. The summed E-state index contributed by atoms with van der Waals surface area (Å²) in [5, 5.41) is 0. The summed E-state index contributed by atoms with van der Waals surface area (Å²) in [5.41, 5.74) is 2.70. The highest BCUT2D eigenvalue weighted by Gasteiger charge is 2.37. The molecule has 1 aliphatic rings. The van der Waals surface area contributed by atoms with Crippen LogP contribution in [0.1, 0.15) is 37.3 Å². The van der Waals surface area contributed by atoms with Crippen LogP contribution >= 0.6 is 0 Å². The lowest BCUT2D eigenvalue weighted by atomic mass is 9.83. The minimum absolute atomic E-state index is 0.0714. The number of hydrogen-bond donors (Lipinski definition) is 0. The lowest BCUT2D eigenvalue weighted by Crippen LogP contribution is -2.41. The van der Waals surface area contributed by atoms with E-state index in [1.54, 1.807) is 13.8 Å². The minimum atomic E-state index is -0.516. The second-order valence-electron chi connectivity index (χ2n) is 6.34. The van der Waals surface area contributed by atoms with Gasteiger partial charge in [0.2, 0.25) is 5.91 Å². The normalized spacial score (nSPS) is 16.9. The number of aryl methyl sites for hydroxylation is 1. The number of carbonyl (C=O) groups excluding carboxylic acids is 3. The van der Waals surface area contributed by atoms with Gasteiger partial charge in [0, 0.05) is 18.0 Å². The summed E-state index contributed by atoms with van der Waals surface area (Å²) in [6.45, 7) is 8.93. The van der Waals surface area contributed by atoms with Crippen molar-refractivity contribution in [3.8, 4) is 0 Å². The van der Waals surface area contributed by atoms with E-state index in [1.165, 1.54) is 11.0 Å². The molecule has 0 aromatic heterocycles. The van der Waals surface area contributed by atoms with Gasteiger partial charge in [0.25, 0.3) is 0 Å². The van der Waals surface area contributed by atoms with Crippen LogP contribution in [0.5, 0.6) is 0 Å². The lowest BCUT2D eigenvalue weighted by Gasteiger charge is -2.34. The van der Waals surface area contributed by atoms with Gasteiger partial charge in [0.15, 0.2) is 0 Å². The van der Waals surface area contributed by atoms with Crippen molar-refractivity contribution < 1.29 is 23.9 Å². The summed E-state index contributed by atoms with van der Waals surface area (Å²) in [6.07, 6.45) is 1.57. The Morgan fingerprint density at radius 3 is 2.67 bits per heavy atom. The van der Waals surface area contributed by atoms with Crippen LogP contribution in [0.15, 0.2) is 48.2 Å². The molecule has 1 heterocycles. The van der Waals surface area contributed by atoms with Crippen molar-refractivity contribution in [3.63, 3.8) is 0 Å². The van der Waals surface area contributed by atoms with Crippen molar-refractivity contribution in [3.05, 3.63) is 59.3 Å². The van der Waals surface area contributed by atoms with Gasteiger partial charge in [-0.1, -0.05) is 42.5 Å². The van der Waals surface area contributed by atoms with Gasteiger partial charge < -0.3 is 14.4 Å². The molecule has 144 valence electrons. The molecule has 0 unspecified atom stereocenters. The predicted molar refractivity (Wildman–Crippen MR) is 101 cm³/mol. The number of allylic oxidation sites excluding steroid dienone is 1. The molecule has 0 aliphatic carbocycles. The van der Waals surface area contributed by atoms with Gasteiger partial charge in [-0.15, -0.1) is 0 Å². The van der Waals surface area contributed by atoms with E-state index >= 15 is 0 Å². The average Bonchev–Trinajstić information content (AvgIpc) is 2.63. The Balaban J connectivity index is 2.46. The Morgan fingerprint density at radius 1 is 1.30 bits per heavy atom. The predicted octanol–water partition coefficient (Wildman–Crippen LogP) is 2.88. The third-order valence-corrected chi connectivity index (χ3v) is 4.41. The highest BCUT2D eigenvalue weighted by atomic mass is 16.5. The number of hydrogen-bond acceptors (Lipinski definition) is 5. The first-order chi connectivity index (χ1) is 12.9. The van der Waals surface area contributed by atoms with E-state index in [-0.39, 0.29) is 32.1 Å². The first kappa shape index (κ1) is 20.4. The van der Waals surface area contributed by atoms with Crippen LogP contribution in [-0.2, 0) is 23.9 Å². The number of nitrogens with zero attached hydrogens (tertiary/aromatic N) is 1. The highest BCUT2D eigenvalue weighted by molar-refractivity contribution is 5.96. The van der Waals surface area contributed by atoms with Crippen molar-refractivity contribution >= 4 is 17.8 Å². The molecule has 0 saturated carbocycles. The summed E-state index contributed by atoms with van der Waals surface area (Å²) in [6, 6.07) is 7.68. The molecule has 27 heavy (non-hydrogen) atoms.